The maximum Gasteiger partial charge on any atom is 0.321 e. The number of sulfonamides is 1. The van der Waals surface area contributed by atoms with Crippen LogP contribution in [-0.4, -0.2) is 51.5 Å². The van der Waals surface area contributed by atoms with Gasteiger partial charge in [0.05, 0.1) is 19.1 Å². The second kappa shape index (κ2) is 7.25. The third kappa shape index (κ3) is 4.31. The Morgan fingerprint density at radius 1 is 1.29 bits per heavy atom. The van der Waals surface area contributed by atoms with Gasteiger partial charge in [-0.1, -0.05) is 0 Å². The maximum absolute atomic E-state index is 12.1. The van der Waals surface area contributed by atoms with Gasteiger partial charge in [-0.25, -0.2) is 8.42 Å². The van der Waals surface area contributed by atoms with Crippen LogP contribution in [0, 0.1) is 0 Å². The Bertz CT molecular complexity index is 600. The molecule has 0 amide bonds. The van der Waals surface area contributed by atoms with Crippen LogP contribution in [0.2, 0.25) is 0 Å². The van der Waals surface area contributed by atoms with Gasteiger partial charge in [-0.2, -0.15) is 4.72 Å². The van der Waals surface area contributed by atoms with Crippen LogP contribution in [0.25, 0.3) is 0 Å². The van der Waals surface area contributed by atoms with E-state index in [9.17, 15) is 13.2 Å². The average molecular weight is 319 g/mol. The number of nitrogens with one attached hydrogen (secondary N) is 1. The average Bonchev–Trinajstić information content (AvgIpc) is 2.45. The number of aliphatic hydroxyl groups is 1. The van der Waals surface area contributed by atoms with Gasteiger partial charge in [0.25, 0.3) is 0 Å². The Hall–Kier alpha value is -1.84. The minimum Gasteiger partial charge on any atom is -0.493 e. The summed E-state index contributed by atoms with van der Waals surface area (Å²) in [6, 6.07) is 2.48. The van der Waals surface area contributed by atoms with Crippen LogP contribution >= 0.6 is 0 Å². The van der Waals surface area contributed by atoms with Crippen LogP contribution in [0.1, 0.15) is 6.42 Å². The van der Waals surface area contributed by atoms with Gasteiger partial charge < -0.3 is 19.7 Å². The molecule has 0 spiro atoms. The number of hydrogen-bond acceptors (Lipinski definition) is 6. The summed E-state index contributed by atoms with van der Waals surface area (Å²) in [5, 5.41) is 17.7. The second-order valence-corrected chi connectivity index (χ2v) is 5.76. The lowest BCUT2D eigenvalue weighted by Gasteiger charge is -2.15. The Kier molecular flexibility index (Phi) is 5.94. The lowest BCUT2D eigenvalue weighted by atomic mass is 10.2. The molecule has 118 valence electrons. The summed E-state index contributed by atoms with van der Waals surface area (Å²) < 4.78 is 36.3. The van der Waals surface area contributed by atoms with E-state index in [-0.39, 0.29) is 17.1 Å². The quantitative estimate of drug-likeness (QED) is 0.607. The fourth-order valence-electron chi connectivity index (χ4n) is 1.60. The van der Waals surface area contributed by atoms with Crippen molar-refractivity contribution in [3.63, 3.8) is 0 Å². The molecular weight excluding hydrogens is 302 g/mol. The summed E-state index contributed by atoms with van der Waals surface area (Å²) in [5.74, 6) is -0.816. The van der Waals surface area contributed by atoms with Crippen LogP contribution in [0.15, 0.2) is 23.1 Å². The molecule has 3 N–H and O–H groups in total. The molecule has 1 atom stereocenters. The first-order valence-corrected chi connectivity index (χ1v) is 7.42. The highest BCUT2D eigenvalue weighted by molar-refractivity contribution is 7.89. The SMILES string of the molecule is COc1ccc(S(=O)(=O)NC(CCO)C(=O)O)cc1OC. The fraction of sp³-hybridized carbons (Fsp3) is 0.417. The molecule has 0 heterocycles. The van der Waals surface area contributed by atoms with E-state index in [4.69, 9.17) is 19.7 Å². The van der Waals surface area contributed by atoms with Gasteiger partial charge in [0, 0.05) is 12.7 Å². The number of ether oxygens (including phenoxy) is 2. The predicted molar refractivity (Wildman–Crippen MR) is 73.0 cm³/mol. The molecule has 21 heavy (non-hydrogen) atoms. The molecule has 1 rings (SSSR count). The number of rotatable bonds is 8. The van der Waals surface area contributed by atoms with E-state index in [1.165, 1.54) is 32.4 Å². The van der Waals surface area contributed by atoms with Crippen molar-refractivity contribution in [3.05, 3.63) is 18.2 Å². The molecule has 0 radical (unpaired) electrons. The number of benzene rings is 1. The third-order valence-corrected chi connectivity index (χ3v) is 4.15. The van der Waals surface area contributed by atoms with Crippen LogP contribution in [-0.2, 0) is 14.8 Å². The van der Waals surface area contributed by atoms with Gasteiger partial charge in [0.2, 0.25) is 10.0 Å². The lowest BCUT2D eigenvalue weighted by Crippen LogP contribution is -2.41. The van der Waals surface area contributed by atoms with E-state index >= 15 is 0 Å². The summed E-state index contributed by atoms with van der Waals surface area (Å²) in [7, 11) is -1.30. The number of hydrogen-bond donors (Lipinski definition) is 3. The number of carbonyl (C=O) groups is 1. The Morgan fingerprint density at radius 2 is 1.90 bits per heavy atom. The molecule has 0 saturated heterocycles. The Labute approximate surface area is 122 Å². The minimum absolute atomic E-state index is 0.163. The number of aliphatic hydroxyl groups excluding tert-OH is 1. The van der Waals surface area contributed by atoms with Crippen LogP contribution in [0.5, 0.6) is 11.5 Å². The van der Waals surface area contributed by atoms with E-state index in [1.54, 1.807) is 0 Å². The molecule has 0 bridgehead atoms. The Balaban J connectivity index is 3.10. The third-order valence-electron chi connectivity index (χ3n) is 2.68. The number of aliphatic carboxylic acids is 1. The number of carboxylic acids is 1. The summed E-state index contributed by atoms with van der Waals surface area (Å²) in [5.41, 5.74) is 0. The maximum atomic E-state index is 12.1. The Morgan fingerprint density at radius 3 is 2.38 bits per heavy atom. The summed E-state index contributed by atoms with van der Waals surface area (Å²) in [6.45, 7) is -0.453. The highest BCUT2D eigenvalue weighted by Gasteiger charge is 2.25. The van der Waals surface area contributed by atoms with Crippen molar-refractivity contribution in [2.75, 3.05) is 20.8 Å². The second-order valence-electron chi connectivity index (χ2n) is 4.04. The van der Waals surface area contributed by atoms with Crippen molar-refractivity contribution in [1.82, 2.24) is 4.72 Å². The first-order chi connectivity index (χ1) is 9.85. The zero-order chi connectivity index (χ0) is 16.0. The van der Waals surface area contributed by atoms with Crippen molar-refractivity contribution < 1.29 is 32.9 Å². The minimum atomic E-state index is -4.06. The number of carboxylic acid groups (broad SMARTS) is 1. The largest absolute Gasteiger partial charge is 0.493 e. The van der Waals surface area contributed by atoms with Crippen molar-refractivity contribution in [2.45, 2.75) is 17.4 Å². The monoisotopic (exact) mass is 319 g/mol. The van der Waals surface area contributed by atoms with Gasteiger partial charge in [0.15, 0.2) is 11.5 Å². The molecule has 0 aliphatic carbocycles. The van der Waals surface area contributed by atoms with Gasteiger partial charge >= 0.3 is 5.97 Å². The fourth-order valence-corrected chi connectivity index (χ4v) is 2.84. The zero-order valence-electron chi connectivity index (χ0n) is 11.6. The molecule has 1 aromatic rings. The van der Waals surface area contributed by atoms with Crippen molar-refractivity contribution in [3.8, 4) is 11.5 Å². The molecule has 0 fully saturated rings. The van der Waals surface area contributed by atoms with Crippen LogP contribution < -0.4 is 14.2 Å². The molecule has 9 heteroatoms. The topological polar surface area (TPSA) is 122 Å². The van der Waals surface area contributed by atoms with Gasteiger partial charge in [-0.15, -0.1) is 0 Å². The van der Waals surface area contributed by atoms with Gasteiger partial charge in [-0.3, -0.25) is 4.79 Å². The standard InChI is InChI=1S/C12H17NO7S/c1-19-10-4-3-8(7-11(10)20-2)21(17,18)13-9(5-6-14)12(15)16/h3-4,7,9,13-14H,5-6H2,1-2H3,(H,15,16). The van der Waals surface area contributed by atoms with Crippen LogP contribution in [0.3, 0.4) is 0 Å². The van der Waals surface area contributed by atoms with Crippen LogP contribution in [0.4, 0.5) is 0 Å². The molecule has 0 aromatic heterocycles. The van der Waals surface area contributed by atoms with Crippen molar-refractivity contribution in [1.29, 1.82) is 0 Å². The highest BCUT2D eigenvalue weighted by atomic mass is 32.2. The molecule has 8 nitrogen and oxygen atoms in total. The molecule has 0 saturated carbocycles. The predicted octanol–water partition coefficient (Wildman–Crippen LogP) is -0.182. The molecule has 0 aliphatic heterocycles. The van der Waals surface area contributed by atoms with Crippen molar-refractivity contribution in [2.24, 2.45) is 0 Å². The molecular formula is C12H17NO7S. The molecule has 1 unspecified atom stereocenters. The van der Waals surface area contributed by atoms with E-state index in [2.05, 4.69) is 0 Å². The molecule has 1 aromatic carbocycles. The van der Waals surface area contributed by atoms with E-state index in [0.717, 1.165) is 0 Å². The van der Waals surface area contributed by atoms with E-state index in [1.807, 2.05) is 4.72 Å². The van der Waals surface area contributed by atoms with Gasteiger partial charge in [-0.05, 0) is 18.6 Å². The smallest absolute Gasteiger partial charge is 0.321 e. The lowest BCUT2D eigenvalue weighted by molar-refractivity contribution is -0.139. The van der Waals surface area contributed by atoms with E-state index in [0.29, 0.717) is 5.75 Å². The zero-order valence-corrected chi connectivity index (χ0v) is 12.4. The first-order valence-electron chi connectivity index (χ1n) is 5.93. The highest BCUT2D eigenvalue weighted by Crippen LogP contribution is 2.29. The normalized spacial score (nSPS) is 12.7. The summed E-state index contributed by atoms with van der Waals surface area (Å²) in [4.78, 5) is 10.8. The van der Waals surface area contributed by atoms with E-state index < -0.39 is 28.6 Å². The summed E-state index contributed by atoms with van der Waals surface area (Å²) in [6.07, 6.45) is -0.234. The summed E-state index contributed by atoms with van der Waals surface area (Å²) >= 11 is 0. The number of methoxy groups -OCH3 is 2. The van der Waals surface area contributed by atoms with Crippen molar-refractivity contribution >= 4 is 16.0 Å². The first kappa shape index (κ1) is 17.2. The van der Waals surface area contributed by atoms with Gasteiger partial charge in [0.1, 0.15) is 6.04 Å². The molecule has 0 aliphatic rings.